The van der Waals surface area contributed by atoms with Gasteiger partial charge in [0.05, 0.1) is 29.1 Å². The van der Waals surface area contributed by atoms with E-state index in [4.69, 9.17) is 27.9 Å². The molecule has 3 aromatic rings. The number of nitrogens with zero attached hydrogens (tertiary/aromatic N) is 2. The number of thiol groups is 1. The molecule has 12 heteroatoms. The van der Waals surface area contributed by atoms with Gasteiger partial charge in [-0.05, 0) is 55.2 Å². The molecule has 186 valence electrons. The molecule has 3 rings (SSSR count). The van der Waals surface area contributed by atoms with E-state index in [0.29, 0.717) is 19.3 Å². The van der Waals surface area contributed by atoms with Crippen LogP contribution < -0.4 is 14.4 Å². The van der Waals surface area contributed by atoms with Crippen molar-refractivity contribution < 1.29 is 26.7 Å². The third-order valence-electron chi connectivity index (χ3n) is 5.12. The van der Waals surface area contributed by atoms with E-state index in [2.05, 4.69) is 10.3 Å². The zero-order chi connectivity index (χ0) is 25.5. The zero-order valence-corrected chi connectivity index (χ0v) is 20.8. The number of unbranched alkanes of at least 4 members (excludes halogenated alkanes) is 1. The van der Waals surface area contributed by atoms with Crippen molar-refractivity contribution in [3.63, 3.8) is 0 Å². The van der Waals surface area contributed by atoms with Crippen molar-refractivity contribution in [1.29, 1.82) is 0 Å². The number of pyridine rings is 1. The maximum Gasteiger partial charge on any atom is 0.258 e. The minimum absolute atomic E-state index is 0.0165. The van der Waals surface area contributed by atoms with Gasteiger partial charge in [-0.25, -0.2) is 22.2 Å². The highest BCUT2D eigenvalue weighted by atomic mass is 35.5. The van der Waals surface area contributed by atoms with Gasteiger partial charge in [0, 0.05) is 12.7 Å². The fraction of sp³-hybridized carbons (Fsp3) is 0.217. The number of aryl methyl sites for hydroxylation is 1. The molecule has 0 spiro atoms. The standard InChI is InChI=1S/C23H21Cl2F2N3O4S/c1-34-15-7-5-14(6-8-15)4-2-3-13-30(35(32)33)18-10-9-17(26)21(19(18)24)29-23(31)16-11-12-28-22(25)20(16)27/h5-12,35H,2-4,13H2,1H3,(H,29,31). The minimum Gasteiger partial charge on any atom is -0.497 e. The summed E-state index contributed by atoms with van der Waals surface area (Å²) in [5.74, 6) is -2.29. The molecule has 0 saturated heterocycles. The van der Waals surface area contributed by atoms with Crippen molar-refractivity contribution >= 4 is 51.4 Å². The number of hydrogen-bond donors (Lipinski definition) is 2. The molecule has 2 aromatic carbocycles. The summed E-state index contributed by atoms with van der Waals surface area (Å²) in [4.78, 5) is 16.0. The molecule has 0 aliphatic carbocycles. The van der Waals surface area contributed by atoms with Crippen molar-refractivity contribution in [2.45, 2.75) is 19.3 Å². The minimum atomic E-state index is -3.12. The van der Waals surface area contributed by atoms with Gasteiger partial charge in [0.2, 0.25) is 10.9 Å². The number of ether oxygens (including phenoxy) is 1. The number of amides is 1. The maximum absolute atomic E-state index is 14.5. The first kappa shape index (κ1) is 26.7. The third kappa shape index (κ3) is 6.59. The first-order valence-electron chi connectivity index (χ1n) is 10.4. The number of methoxy groups -OCH3 is 1. The van der Waals surface area contributed by atoms with Gasteiger partial charge in [-0.1, -0.05) is 35.3 Å². The average molecular weight is 544 g/mol. The van der Waals surface area contributed by atoms with E-state index in [-0.39, 0.29) is 17.3 Å². The van der Waals surface area contributed by atoms with E-state index in [9.17, 15) is 22.0 Å². The Balaban J connectivity index is 1.74. The lowest BCUT2D eigenvalue weighted by Gasteiger charge is -2.21. The Morgan fingerprint density at radius 2 is 1.80 bits per heavy atom. The molecule has 0 aliphatic heterocycles. The first-order valence-corrected chi connectivity index (χ1v) is 12.3. The fourth-order valence-electron chi connectivity index (χ4n) is 3.30. The van der Waals surface area contributed by atoms with Crippen LogP contribution in [0.2, 0.25) is 10.2 Å². The highest BCUT2D eigenvalue weighted by molar-refractivity contribution is 7.74. The number of aromatic nitrogens is 1. The third-order valence-corrected chi connectivity index (χ3v) is 6.58. The molecule has 0 bridgehead atoms. The number of carbonyl (C=O) groups is 1. The molecule has 0 unspecified atom stereocenters. The normalized spacial score (nSPS) is 10.9. The topological polar surface area (TPSA) is 88.6 Å². The predicted octanol–water partition coefficient (Wildman–Crippen LogP) is 5.28. The molecule has 0 aliphatic rings. The Hall–Kier alpha value is -2.95. The van der Waals surface area contributed by atoms with Crippen molar-refractivity contribution in [1.82, 2.24) is 4.98 Å². The molecular weight excluding hydrogens is 523 g/mol. The van der Waals surface area contributed by atoms with Crippen LogP contribution in [0.4, 0.5) is 20.2 Å². The summed E-state index contributed by atoms with van der Waals surface area (Å²) in [5, 5.41) is 1.32. The van der Waals surface area contributed by atoms with Crippen LogP contribution in [-0.2, 0) is 17.3 Å². The lowest BCUT2D eigenvalue weighted by atomic mass is 10.1. The number of halogens is 4. The second-order valence-electron chi connectivity index (χ2n) is 7.34. The average Bonchev–Trinajstić information content (AvgIpc) is 2.84. The van der Waals surface area contributed by atoms with Gasteiger partial charge in [0.15, 0.2) is 11.0 Å². The highest BCUT2D eigenvalue weighted by Crippen LogP contribution is 2.36. The Bertz CT molecular complexity index is 1280. The van der Waals surface area contributed by atoms with Gasteiger partial charge in [0.25, 0.3) is 5.91 Å². The lowest BCUT2D eigenvalue weighted by molar-refractivity contribution is 0.102. The van der Waals surface area contributed by atoms with Crippen molar-refractivity contribution in [3.05, 3.63) is 81.6 Å². The number of benzene rings is 2. The van der Waals surface area contributed by atoms with Crippen LogP contribution in [0.5, 0.6) is 5.75 Å². The van der Waals surface area contributed by atoms with E-state index >= 15 is 0 Å². The number of nitrogens with one attached hydrogen (secondary N) is 1. The molecule has 1 heterocycles. The van der Waals surface area contributed by atoms with Gasteiger partial charge in [-0.15, -0.1) is 0 Å². The molecule has 0 fully saturated rings. The maximum atomic E-state index is 14.5. The monoisotopic (exact) mass is 543 g/mol. The largest absolute Gasteiger partial charge is 0.497 e. The van der Waals surface area contributed by atoms with Crippen LogP contribution in [0.25, 0.3) is 0 Å². The molecule has 1 N–H and O–H groups in total. The summed E-state index contributed by atoms with van der Waals surface area (Å²) in [6.07, 6.45) is 3.00. The van der Waals surface area contributed by atoms with Gasteiger partial charge < -0.3 is 10.1 Å². The molecule has 0 radical (unpaired) electrons. The van der Waals surface area contributed by atoms with Gasteiger partial charge in [0.1, 0.15) is 11.6 Å². The molecule has 0 saturated carbocycles. The lowest BCUT2D eigenvalue weighted by Crippen LogP contribution is -2.24. The van der Waals surface area contributed by atoms with Crippen molar-refractivity contribution in [3.8, 4) is 5.75 Å². The molecular formula is C23H21Cl2F2N3O4S. The molecule has 1 aromatic heterocycles. The molecule has 7 nitrogen and oxygen atoms in total. The van der Waals surface area contributed by atoms with Crippen LogP contribution in [0.3, 0.4) is 0 Å². The highest BCUT2D eigenvalue weighted by Gasteiger charge is 2.22. The number of carbonyl (C=O) groups excluding carboxylic acids is 1. The van der Waals surface area contributed by atoms with Gasteiger partial charge in [-0.2, -0.15) is 0 Å². The molecule has 1 amide bonds. The summed E-state index contributed by atoms with van der Waals surface area (Å²) < 4.78 is 58.6. The number of rotatable bonds is 10. The van der Waals surface area contributed by atoms with Gasteiger partial charge >= 0.3 is 0 Å². The van der Waals surface area contributed by atoms with E-state index in [1.54, 1.807) is 7.11 Å². The van der Waals surface area contributed by atoms with E-state index in [1.165, 1.54) is 6.07 Å². The van der Waals surface area contributed by atoms with Crippen LogP contribution in [0.15, 0.2) is 48.7 Å². The fourth-order valence-corrected chi connectivity index (χ4v) is 4.47. The molecule has 0 atom stereocenters. The zero-order valence-electron chi connectivity index (χ0n) is 18.4. The van der Waals surface area contributed by atoms with Crippen molar-refractivity contribution in [2.24, 2.45) is 0 Å². The van der Waals surface area contributed by atoms with Crippen LogP contribution in [0, 0.1) is 11.6 Å². The molecule has 35 heavy (non-hydrogen) atoms. The summed E-state index contributed by atoms with van der Waals surface area (Å²) in [7, 11) is -1.54. The smallest absolute Gasteiger partial charge is 0.258 e. The Morgan fingerprint density at radius 3 is 2.46 bits per heavy atom. The second-order valence-corrected chi connectivity index (χ2v) is 9.03. The summed E-state index contributed by atoms with van der Waals surface area (Å²) >= 11 is 11.9. The quantitative estimate of drug-likeness (QED) is 0.206. The summed E-state index contributed by atoms with van der Waals surface area (Å²) in [6, 6.07) is 10.8. The van der Waals surface area contributed by atoms with Crippen LogP contribution in [-0.4, -0.2) is 33.0 Å². The predicted molar refractivity (Wildman–Crippen MR) is 132 cm³/mol. The van der Waals surface area contributed by atoms with E-state index < -0.39 is 44.8 Å². The van der Waals surface area contributed by atoms with E-state index in [1.807, 2.05) is 24.3 Å². The SMILES string of the molecule is COc1ccc(CCCCN(c2ccc(F)c(NC(=O)c3ccnc(Cl)c3F)c2Cl)[SH](=O)=O)cc1. The van der Waals surface area contributed by atoms with Crippen LogP contribution >= 0.6 is 23.2 Å². The van der Waals surface area contributed by atoms with Gasteiger partial charge in [-0.3, -0.25) is 9.10 Å². The number of anilines is 2. The van der Waals surface area contributed by atoms with E-state index in [0.717, 1.165) is 33.9 Å². The second kappa shape index (κ2) is 12.1. The van der Waals surface area contributed by atoms with Crippen molar-refractivity contribution in [2.75, 3.05) is 23.3 Å². The first-order chi connectivity index (χ1) is 16.7. The summed E-state index contributed by atoms with van der Waals surface area (Å²) in [5.41, 5.74) is 0.0898. The Kier molecular flexibility index (Phi) is 9.25. The summed E-state index contributed by atoms with van der Waals surface area (Å²) in [6.45, 7) is 0.0855. The van der Waals surface area contributed by atoms with Crippen LogP contribution in [0.1, 0.15) is 28.8 Å². The Labute approximate surface area is 212 Å². The number of hydrogen-bond acceptors (Lipinski definition) is 5. The Morgan fingerprint density at radius 1 is 1.09 bits per heavy atom.